The van der Waals surface area contributed by atoms with Gasteiger partial charge in [-0.25, -0.2) is 8.42 Å². The first-order valence-corrected chi connectivity index (χ1v) is 13.6. The number of hydrogen-bond acceptors (Lipinski definition) is 6. The Bertz CT molecular complexity index is 1300. The van der Waals surface area contributed by atoms with E-state index in [9.17, 15) is 13.2 Å². The Kier molecular flexibility index (Phi) is 6.53. The molecule has 1 aliphatic rings. The first-order valence-electron chi connectivity index (χ1n) is 10.9. The van der Waals surface area contributed by atoms with E-state index in [1.807, 2.05) is 24.7 Å². The summed E-state index contributed by atoms with van der Waals surface area (Å²) in [4.78, 5) is 20.7. The number of pyridine rings is 2. The van der Waals surface area contributed by atoms with E-state index in [1.54, 1.807) is 27.3 Å². The van der Waals surface area contributed by atoms with E-state index in [0.717, 1.165) is 38.9 Å². The van der Waals surface area contributed by atoms with Gasteiger partial charge in [0.1, 0.15) is 0 Å². The second-order valence-electron chi connectivity index (χ2n) is 8.69. The Morgan fingerprint density at radius 2 is 2.00 bits per heavy atom. The summed E-state index contributed by atoms with van der Waals surface area (Å²) >= 11 is 1.65. The van der Waals surface area contributed by atoms with Crippen LogP contribution in [-0.2, 0) is 30.0 Å². The van der Waals surface area contributed by atoms with Gasteiger partial charge in [0.15, 0.2) is 0 Å². The summed E-state index contributed by atoms with van der Waals surface area (Å²) in [7, 11) is -1.38. The normalized spacial score (nSPS) is 18.4. The molecule has 0 aliphatic carbocycles. The summed E-state index contributed by atoms with van der Waals surface area (Å²) in [5.74, 6) is 0. The lowest BCUT2D eigenvalue weighted by Gasteiger charge is -2.38. The molecule has 0 aromatic carbocycles. The van der Waals surface area contributed by atoms with Crippen LogP contribution in [0.4, 0.5) is 0 Å². The van der Waals surface area contributed by atoms with Gasteiger partial charge < -0.3 is 4.57 Å². The van der Waals surface area contributed by atoms with Crippen LogP contribution in [0, 0.1) is 0 Å². The highest BCUT2D eigenvalue weighted by Crippen LogP contribution is 2.34. The number of fused-ring (bicyclic) bond motifs is 1. The van der Waals surface area contributed by atoms with Crippen molar-refractivity contribution >= 4 is 31.4 Å². The third kappa shape index (κ3) is 4.66. The average molecular weight is 475 g/mol. The van der Waals surface area contributed by atoms with Gasteiger partial charge in [-0.05, 0) is 31.0 Å². The van der Waals surface area contributed by atoms with E-state index in [1.165, 1.54) is 11.8 Å². The number of nitrogens with zero attached hydrogens (tertiary/aromatic N) is 4. The zero-order valence-electron chi connectivity index (χ0n) is 19.0. The minimum Gasteiger partial charge on any atom is -0.317 e. The van der Waals surface area contributed by atoms with Crippen LogP contribution in [-0.4, -0.2) is 59.1 Å². The topological polar surface area (TPSA) is 75.5 Å². The van der Waals surface area contributed by atoms with Crippen LogP contribution in [0.15, 0.2) is 35.5 Å². The van der Waals surface area contributed by atoms with Crippen LogP contribution in [0.2, 0.25) is 0 Å². The maximum Gasteiger partial charge on any atom is 0.259 e. The van der Waals surface area contributed by atoms with Crippen LogP contribution in [0.3, 0.4) is 0 Å². The minimum absolute atomic E-state index is 0.00105. The van der Waals surface area contributed by atoms with E-state index in [0.29, 0.717) is 26.2 Å². The molecular formula is C23H30N4O3S2. The smallest absolute Gasteiger partial charge is 0.259 e. The second-order valence-corrected chi connectivity index (χ2v) is 11.8. The molecule has 1 atom stereocenters. The molecule has 0 N–H and O–H groups in total. The van der Waals surface area contributed by atoms with Crippen molar-refractivity contribution in [1.29, 1.82) is 0 Å². The van der Waals surface area contributed by atoms with Crippen LogP contribution >= 0.6 is 11.3 Å². The third-order valence-corrected chi connectivity index (χ3v) is 8.52. The van der Waals surface area contributed by atoms with E-state index in [-0.39, 0.29) is 11.6 Å². The molecule has 0 radical (unpaired) electrons. The molecule has 1 fully saturated rings. The number of thiophene rings is 1. The SMILES string of the molecule is CCCc1cncc(-c2cn(C)c(=O)c3cc(CN4CCN(S(C)(=O)=O)C[C@H]4C)sc23)c1. The molecule has 0 saturated carbocycles. The summed E-state index contributed by atoms with van der Waals surface area (Å²) in [6.07, 6.45) is 8.98. The fraction of sp³-hybridized carbons (Fsp3) is 0.478. The second kappa shape index (κ2) is 9.05. The molecule has 172 valence electrons. The Labute approximate surface area is 193 Å². The molecule has 4 heterocycles. The molecule has 32 heavy (non-hydrogen) atoms. The number of aromatic nitrogens is 2. The van der Waals surface area contributed by atoms with Crippen LogP contribution < -0.4 is 5.56 Å². The molecule has 7 nitrogen and oxygen atoms in total. The first kappa shape index (κ1) is 23.1. The molecule has 0 spiro atoms. The summed E-state index contributed by atoms with van der Waals surface area (Å²) in [5.41, 5.74) is 3.25. The Morgan fingerprint density at radius 3 is 2.69 bits per heavy atom. The number of aryl methyl sites for hydroxylation is 2. The van der Waals surface area contributed by atoms with E-state index < -0.39 is 10.0 Å². The molecule has 3 aromatic heterocycles. The molecule has 0 bridgehead atoms. The average Bonchev–Trinajstić information content (AvgIpc) is 3.16. The molecule has 1 aliphatic heterocycles. The predicted octanol–water partition coefficient (Wildman–Crippen LogP) is 3.08. The number of rotatable bonds is 6. The summed E-state index contributed by atoms with van der Waals surface area (Å²) < 4.78 is 28.0. The van der Waals surface area contributed by atoms with Crippen molar-refractivity contribution in [2.75, 3.05) is 25.9 Å². The number of piperazine rings is 1. The highest BCUT2D eigenvalue weighted by Gasteiger charge is 2.29. The van der Waals surface area contributed by atoms with Gasteiger partial charge in [-0.15, -0.1) is 11.3 Å². The fourth-order valence-electron chi connectivity index (χ4n) is 4.34. The van der Waals surface area contributed by atoms with E-state index in [4.69, 9.17) is 0 Å². The monoisotopic (exact) mass is 474 g/mol. The predicted molar refractivity (Wildman–Crippen MR) is 131 cm³/mol. The van der Waals surface area contributed by atoms with Crippen molar-refractivity contribution in [3.8, 4) is 11.1 Å². The summed E-state index contributed by atoms with van der Waals surface area (Å²) in [6.45, 7) is 6.58. The number of hydrogen-bond donors (Lipinski definition) is 0. The highest BCUT2D eigenvalue weighted by molar-refractivity contribution is 7.88. The van der Waals surface area contributed by atoms with Crippen molar-refractivity contribution in [3.63, 3.8) is 0 Å². The van der Waals surface area contributed by atoms with Crippen molar-refractivity contribution in [2.24, 2.45) is 7.05 Å². The van der Waals surface area contributed by atoms with E-state index >= 15 is 0 Å². The van der Waals surface area contributed by atoms with Gasteiger partial charge in [0.2, 0.25) is 10.0 Å². The molecule has 0 amide bonds. The van der Waals surface area contributed by atoms with Gasteiger partial charge in [0.25, 0.3) is 5.56 Å². The lowest BCUT2D eigenvalue weighted by molar-refractivity contribution is 0.123. The van der Waals surface area contributed by atoms with Crippen LogP contribution in [0.25, 0.3) is 21.2 Å². The largest absolute Gasteiger partial charge is 0.317 e. The minimum atomic E-state index is -3.17. The highest BCUT2D eigenvalue weighted by atomic mass is 32.2. The van der Waals surface area contributed by atoms with Gasteiger partial charge in [-0.1, -0.05) is 13.3 Å². The fourth-order valence-corrected chi connectivity index (χ4v) is 6.45. The maximum absolute atomic E-state index is 12.9. The standard InChI is InChI=1S/C23H30N4O3S2/c1-5-6-17-9-18(12-24-11-17)21-15-25(3)23(28)20-10-19(31-22(20)21)14-26-7-8-27(13-16(26)2)32(4,29)30/h9-12,15-16H,5-8,13-14H2,1-4H3/t16-/m1/s1. The first-order chi connectivity index (χ1) is 15.2. The number of sulfonamides is 1. The van der Waals surface area contributed by atoms with Crippen molar-refractivity contribution < 1.29 is 8.42 Å². The molecule has 3 aromatic rings. The van der Waals surface area contributed by atoms with Crippen molar-refractivity contribution in [1.82, 2.24) is 18.8 Å². The van der Waals surface area contributed by atoms with E-state index in [2.05, 4.69) is 29.8 Å². The molecule has 0 unspecified atom stereocenters. The molecule has 4 rings (SSSR count). The van der Waals surface area contributed by atoms with Gasteiger partial charge in [0.05, 0.1) is 11.6 Å². The lowest BCUT2D eigenvalue weighted by Crippen LogP contribution is -2.52. The van der Waals surface area contributed by atoms with Crippen LogP contribution in [0.5, 0.6) is 0 Å². The van der Waals surface area contributed by atoms with Crippen LogP contribution in [0.1, 0.15) is 30.7 Å². The zero-order chi connectivity index (χ0) is 23.0. The lowest BCUT2D eigenvalue weighted by atomic mass is 10.0. The summed E-state index contributed by atoms with van der Waals surface area (Å²) in [5, 5.41) is 0.730. The molecular weight excluding hydrogens is 444 g/mol. The van der Waals surface area contributed by atoms with Gasteiger partial charge in [-0.2, -0.15) is 4.31 Å². The Morgan fingerprint density at radius 1 is 1.22 bits per heavy atom. The van der Waals surface area contributed by atoms with Gasteiger partial charge in [0, 0.05) is 78.6 Å². The van der Waals surface area contributed by atoms with Crippen molar-refractivity contribution in [2.45, 2.75) is 39.3 Å². The quantitative estimate of drug-likeness (QED) is 0.549. The maximum atomic E-state index is 12.9. The Balaban J connectivity index is 1.67. The Hall–Kier alpha value is -2.07. The van der Waals surface area contributed by atoms with Gasteiger partial charge in [-0.3, -0.25) is 14.7 Å². The zero-order valence-corrected chi connectivity index (χ0v) is 20.7. The van der Waals surface area contributed by atoms with Gasteiger partial charge >= 0.3 is 0 Å². The third-order valence-electron chi connectivity index (χ3n) is 6.10. The molecule has 1 saturated heterocycles. The summed E-state index contributed by atoms with van der Waals surface area (Å²) in [6, 6.07) is 4.29. The van der Waals surface area contributed by atoms with Crippen molar-refractivity contribution in [3.05, 3.63) is 51.5 Å². The molecule has 9 heteroatoms.